The molecule has 0 fully saturated rings. The van der Waals surface area contributed by atoms with Crippen LogP contribution in [0.4, 0.5) is 0 Å². The number of hydrogen-bond acceptors (Lipinski definition) is 6. The Balaban J connectivity index is 1.96. The summed E-state index contributed by atoms with van der Waals surface area (Å²) in [6.45, 7) is 0. The minimum absolute atomic E-state index is 0.589. The zero-order valence-electron chi connectivity index (χ0n) is 21.6. The van der Waals surface area contributed by atoms with Gasteiger partial charge in [0.15, 0.2) is 0 Å². The molecule has 0 aliphatic carbocycles. The summed E-state index contributed by atoms with van der Waals surface area (Å²) in [5, 5.41) is 0. The Bertz CT molecular complexity index is 1290. The number of methoxy groups -OCH3 is 3. The molecule has 0 radical (unpaired) electrons. The van der Waals surface area contributed by atoms with Crippen molar-refractivity contribution in [2.75, 3.05) is 21.3 Å². The number of benzene rings is 4. The van der Waals surface area contributed by atoms with Gasteiger partial charge in [-0.2, -0.15) is 0 Å². The molecule has 0 aliphatic heterocycles. The Morgan fingerprint density at radius 1 is 0.658 bits per heavy atom. The highest BCUT2D eigenvalue weighted by Crippen LogP contribution is 2.42. The summed E-state index contributed by atoms with van der Waals surface area (Å²) in [5.74, 6) is 2.23. The van der Waals surface area contributed by atoms with Crippen molar-refractivity contribution < 1.29 is 19.0 Å². The Labute approximate surface area is 223 Å². The first-order chi connectivity index (χ1) is 18.6. The van der Waals surface area contributed by atoms with Crippen LogP contribution < -0.4 is 19.9 Å². The lowest BCUT2D eigenvalue weighted by Crippen LogP contribution is -2.27. The summed E-state index contributed by atoms with van der Waals surface area (Å²) in [7, 11) is 4.92. The van der Waals surface area contributed by atoms with Gasteiger partial charge in [-0.15, -0.1) is 0 Å². The molecule has 4 rings (SSSR count). The second kappa shape index (κ2) is 11.9. The number of rotatable bonds is 10. The van der Waals surface area contributed by atoms with Gasteiger partial charge in [-0.3, -0.25) is 9.79 Å². The van der Waals surface area contributed by atoms with Gasteiger partial charge >= 0.3 is 0 Å². The normalized spacial score (nSPS) is 11.8. The Hall–Kier alpha value is -4.84. The van der Waals surface area contributed by atoms with Crippen LogP contribution >= 0.6 is 0 Å². The maximum Gasteiger partial charge on any atom is 0.150 e. The van der Waals surface area contributed by atoms with Crippen LogP contribution in [0.2, 0.25) is 0 Å². The Kier molecular flexibility index (Phi) is 8.23. The molecule has 0 aliphatic rings. The predicted octanol–water partition coefficient (Wildman–Crippen LogP) is 5.89. The highest BCUT2D eigenvalue weighted by Gasteiger charge is 2.36. The van der Waals surface area contributed by atoms with Gasteiger partial charge in [-0.05, 0) is 58.7 Å². The van der Waals surface area contributed by atoms with E-state index >= 15 is 0 Å². The number of ether oxygens (including phenoxy) is 3. The lowest BCUT2D eigenvalue weighted by molar-refractivity contribution is 0.112. The zero-order valence-corrected chi connectivity index (χ0v) is 21.6. The molecule has 0 bridgehead atoms. The molecule has 0 saturated carbocycles. The summed E-state index contributed by atoms with van der Waals surface area (Å²) < 4.78 is 16.3. The average Bonchev–Trinajstić information content (AvgIpc) is 3.00. The molecule has 0 aromatic heterocycles. The van der Waals surface area contributed by atoms with E-state index in [-0.39, 0.29) is 0 Å². The maximum atomic E-state index is 11.1. The van der Waals surface area contributed by atoms with Crippen LogP contribution in [0.1, 0.15) is 32.6 Å². The summed E-state index contributed by atoms with van der Waals surface area (Å²) in [6, 6.07) is 30.8. The van der Waals surface area contributed by atoms with Crippen LogP contribution in [-0.2, 0) is 5.54 Å². The van der Waals surface area contributed by atoms with E-state index in [9.17, 15) is 4.79 Å². The van der Waals surface area contributed by atoms with Crippen LogP contribution in [-0.4, -0.2) is 33.8 Å². The minimum atomic E-state index is -0.943. The van der Waals surface area contributed by atoms with Gasteiger partial charge < -0.3 is 19.9 Å². The number of carbonyl (C=O) groups is 1. The first kappa shape index (κ1) is 26.2. The first-order valence-corrected chi connectivity index (χ1v) is 12.0. The highest BCUT2D eigenvalue weighted by atomic mass is 16.5. The number of hydrogen-bond donors (Lipinski definition) is 1. The van der Waals surface area contributed by atoms with Crippen molar-refractivity contribution in [1.29, 1.82) is 0 Å². The van der Waals surface area contributed by atoms with Crippen molar-refractivity contribution >= 4 is 18.1 Å². The molecule has 6 heteroatoms. The van der Waals surface area contributed by atoms with E-state index in [0.29, 0.717) is 11.1 Å². The number of aliphatic imine (C=N–C) groups is 1. The van der Waals surface area contributed by atoms with Crippen molar-refractivity contribution in [3.8, 4) is 17.2 Å². The molecular weight excluding hydrogens is 476 g/mol. The van der Waals surface area contributed by atoms with E-state index in [0.717, 1.165) is 45.8 Å². The highest BCUT2D eigenvalue weighted by molar-refractivity contribution is 6.10. The second-order valence-electron chi connectivity index (χ2n) is 8.52. The first-order valence-electron chi connectivity index (χ1n) is 12.0. The molecular formula is C32H30N2O4. The van der Waals surface area contributed by atoms with Crippen LogP contribution in [0.25, 0.3) is 5.57 Å². The van der Waals surface area contributed by atoms with Gasteiger partial charge in [0.05, 0.1) is 21.3 Å². The molecule has 4 aromatic carbocycles. The number of aldehydes is 1. The van der Waals surface area contributed by atoms with E-state index in [2.05, 4.69) is 0 Å². The molecule has 192 valence electrons. The van der Waals surface area contributed by atoms with Gasteiger partial charge in [-0.1, -0.05) is 60.7 Å². The van der Waals surface area contributed by atoms with Crippen molar-refractivity contribution in [3.05, 3.63) is 131 Å². The minimum Gasteiger partial charge on any atom is -0.497 e. The van der Waals surface area contributed by atoms with Crippen LogP contribution in [0.3, 0.4) is 0 Å². The Morgan fingerprint density at radius 2 is 1.05 bits per heavy atom. The molecule has 0 amide bonds. The van der Waals surface area contributed by atoms with Gasteiger partial charge in [0.25, 0.3) is 0 Å². The van der Waals surface area contributed by atoms with Gasteiger partial charge in [-0.25, -0.2) is 0 Å². The molecule has 6 nitrogen and oxygen atoms in total. The predicted molar refractivity (Wildman–Crippen MR) is 151 cm³/mol. The monoisotopic (exact) mass is 506 g/mol. The van der Waals surface area contributed by atoms with Crippen LogP contribution in [0.5, 0.6) is 17.2 Å². The van der Waals surface area contributed by atoms with Gasteiger partial charge in [0.1, 0.15) is 29.1 Å². The quantitative estimate of drug-likeness (QED) is 0.165. The van der Waals surface area contributed by atoms with Crippen LogP contribution in [0, 0.1) is 0 Å². The molecule has 0 saturated heterocycles. The average molecular weight is 507 g/mol. The Morgan fingerprint density at radius 3 is 1.37 bits per heavy atom. The van der Waals surface area contributed by atoms with Crippen LogP contribution in [0.15, 0.2) is 108 Å². The van der Waals surface area contributed by atoms with E-state index < -0.39 is 5.54 Å². The lowest BCUT2D eigenvalue weighted by atomic mass is 9.77. The largest absolute Gasteiger partial charge is 0.497 e. The fourth-order valence-corrected chi connectivity index (χ4v) is 4.35. The third-order valence-electron chi connectivity index (χ3n) is 6.48. The van der Waals surface area contributed by atoms with Gasteiger partial charge in [0.2, 0.25) is 0 Å². The molecule has 0 unspecified atom stereocenters. The van der Waals surface area contributed by atoms with Crippen molar-refractivity contribution in [2.45, 2.75) is 5.54 Å². The number of carbonyl (C=O) groups excluding carboxylic acids is 1. The van der Waals surface area contributed by atoms with Crippen molar-refractivity contribution in [1.82, 2.24) is 0 Å². The third-order valence-corrected chi connectivity index (χ3v) is 6.48. The lowest BCUT2D eigenvalue weighted by Gasteiger charge is -2.32. The molecule has 0 spiro atoms. The summed E-state index contributed by atoms with van der Waals surface area (Å²) in [4.78, 5) is 16.4. The van der Waals surface area contributed by atoms with Crippen molar-refractivity contribution in [2.24, 2.45) is 10.7 Å². The SMILES string of the molecule is COc1ccc(C(N=CC(=CN)c2ccc(C=O)cc2)(c2ccc(OC)cc2)c2ccc(OC)cc2)cc1. The van der Waals surface area contributed by atoms with Gasteiger partial charge in [0, 0.05) is 23.6 Å². The molecule has 4 aromatic rings. The molecule has 2 N–H and O–H groups in total. The summed E-state index contributed by atoms with van der Waals surface area (Å²) in [6.07, 6.45) is 4.10. The molecule has 0 atom stereocenters. The van der Waals surface area contributed by atoms with E-state index in [1.807, 2.05) is 84.9 Å². The summed E-state index contributed by atoms with van der Waals surface area (Å²) in [5.41, 5.74) is 10.0. The summed E-state index contributed by atoms with van der Waals surface area (Å²) >= 11 is 0. The third kappa shape index (κ3) is 5.30. The molecule has 38 heavy (non-hydrogen) atoms. The fourth-order valence-electron chi connectivity index (χ4n) is 4.35. The standard InChI is InChI=1S/C32H30N2O4/c1-36-29-14-8-26(9-15-29)32(27-10-16-30(37-2)17-11-27,28-12-18-31(38-3)19-13-28)34-21-25(20-33)24-6-4-23(22-35)5-7-24/h4-22H,33H2,1-3H3. The maximum absolute atomic E-state index is 11.1. The topological polar surface area (TPSA) is 83.1 Å². The van der Waals surface area contributed by atoms with Crippen molar-refractivity contribution in [3.63, 3.8) is 0 Å². The van der Waals surface area contributed by atoms with E-state index in [4.69, 9.17) is 24.9 Å². The zero-order chi connectivity index (χ0) is 27.0. The number of nitrogens with zero attached hydrogens (tertiary/aromatic N) is 1. The molecule has 0 heterocycles. The number of nitrogens with two attached hydrogens (primary N) is 1. The fraction of sp³-hybridized carbons (Fsp3) is 0.125. The smallest absolute Gasteiger partial charge is 0.150 e. The second-order valence-corrected chi connectivity index (χ2v) is 8.52. The van der Waals surface area contributed by atoms with E-state index in [1.165, 1.54) is 6.20 Å². The van der Waals surface area contributed by atoms with E-state index in [1.54, 1.807) is 39.7 Å². The number of allylic oxidation sites excluding steroid dienone is 1.